The molecule has 4 heteroatoms. The molecule has 0 aliphatic rings. The number of nitrogens with two attached hydrogens (primary N) is 1. The van der Waals surface area contributed by atoms with E-state index in [2.05, 4.69) is 10.2 Å². The van der Waals surface area contributed by atoms with Crippen molar-refractivity contribution in [3.63, 3.8) is 0 Å². The maximum absolute atomic E-state index is 5.69. The first-order valence-corrected chi connectivity index (χ1v) is 3.36. The second-order valence-corrected chi connectivity index (χ2v) is 2.27. The van der Waals surface area contributed by atoms with Crippen LogP contribution in [0.15, 0.2) is 6.20 Å². The Bertz CT molecular complexity index is 205. The average molecular weight is 140 g/mol. The first kappa shape index (κ1) is 7.21. The van der Waals surface area contributed by atoms with Gasteiger partial charge in [-0.2, -0.15) is 15.0 Å². The van der Waals surface area contributed by atoms with Crippen LogP contribution in [-0.4, -0.2) is 15.0 Å². The first-order chi connectivity index (χ1) is 4.74. The molecule has 0 spiro atoms. The average Bonchev–Trinajstić information content (AvgIpc) is 2.34. The van der Waals surface area contributed by atoms with Gasteiger partial charge in [-0.15, -0.1) is 0 Å². The van der Waals surface area contributed by atoms with Crippen molar-refractivity contribution < 1.29 is 0 Å². The second-order valence-electron chi connectivity index (χ2n) is 2.27. The fraction of sp³-hybridized carbons (Fsp3) is 0.667. The standard InChI is InChI=1S/C6H12N4/c1-3-5(7)6-4-8-10(2)9-6/h4-5H,3,7H2,1-2H3/t5-/m0/s1. The Morgan fingerprint density at radius 1 is 1.80 bits per heavy atom. The lowest BCUT2D eigenvalue weighted by Gasteiger charge is -2.00. The maximum Gasteiger partial charge on any atom is 0.0993 e. The Kier molecular flexibility index (Phi) is 2.01. The third-order valence-corrected chi connectivity index (χ3v) is 1.44. The fourth-order valence-corrected chi connectivity index (χ4v) is 0.740. The third-order valence-electron chi connectivity index (χ3n) is 1.44. The highest BCUT2D eigenvalue weighted by atomic mass is 15.4. The predicted molar refractivity (Wildman–Crippen MR) is 38.2 cm³/mol. The minimum Gasteiger partial charge on any atom is -0.323 e. The fourth-order valence-electron chi connectivity index (χ4n) is 0.740. The van der Waals surface area contributed by atoms with Crippen molar-refractivity contribution in [3.05, 3.63) is 11.9 Å². The van der Waals surface area contributed by atoms with E-state index in [1.54, 1.807) is 13.2 Å². The van der Waals surface area contributed by atoms with Crippen molar-refractivity contribution >= 4 is 0 Å². The van der Waals surface area contributed by atoms with E-state index in [4.69, 9.17) is 5.73 Å². The molecule has 0 saturated carbocycles. The molecule has 0 fully saturated rings. The summed E-state index contributed by atoms with van der Waals surface area (Å²) in [7, 11) is 1.78. The van der Waals surface area contributed by atoms with Gasteiger partial charge in [0.2, 0.25) is 0 Å². The molecule has 0 bridgehead atoms. The Morgan fingerprint density at radius 3 is 2.90 bits per heavy atom. The Labute approximate surface area is 60.0 Å². The molecule has 0 aliphatic carbocycles. The minimum absolute atomic E-state index is 0.0358. The molecule has 1 heterocycles. The number of aryl methyl sites for hydroxylation is 1. The van der Waals surface area contributed by atoms with Gasteiger partial charge in [0, 0.05) is 7.05 Å². The lowest BCUT2D eigenvalue weighted by atomic mass is 10.2. The van der Waals surface area contributed by atoms with E-state index >= 15 is 0 Å². The summed E-state index contributed by atoms with van der Waals surface area (Å²) < 4.78 is 0. The molecule has 4 nitrogen and oxygen atoms in total. The van der Waals surface area contributed by atoms with Crippen molar-refractivity contribution in [1.82, 2.24) is 15.0 Å². The summed E-state index contributed by atoms with van der Waals surface area (Å²) in [6.45, 7) is 2.03. The number of hydrogen-bond donors (Lipinski definition) is 1. The summed E-state index contributed by atoms with van der Waals surface area (Å²) in [6.07, 6.45) is 2.60. The van der Waals surface area contributed by atoms with Gasteiger partial charge >= 0.3 is 0 Å². The summed E-state index contributed by atoms with van der Waals surface area (Å²) >= 11 is 0. The monoisotopic (exact) mass is 140 g/mol. The van der Waals surface area contributed by atoms with Crippen LogP contribution in [0.2, 0.25) is 0 Å². The molecular weight excluding hydrogens is 128 g/mol. The normalized spacial score (nSPS) is 13.5. The van der Waals surface area contributed by atoms with Gasteiger partial charge in [0.05, 0.1) is 17.9 Å². The van der Waals surface area contributed by atoms with Crippen molar-refractivity contribution in [3.8, 4) is 0 Å². The van der Waals surface area contributed by atoms with Crippen LogP contribution in [0.25, 0.3) is 0 Å². The number of rotatable bonds is 2. The lowest BCUT2D eigenvalue weighted by Crippen LogP contribution is -2.09. The van der Waals surface area contributed by atoms with Crippen molar-refractivity contribution in [2.75, 3.05) is 0 Å². The van der Waals surface area contributed by atoms with Gasteiger partial charge in [0.1, 0.15) is 0 Å². The van der Waals surface area contributed by atoms with Crippen LogP contribution in [0.1, 0.15) is 25.1 Å². The highest BCUT2D eigenvalue weighted by molar-refractivity contribution is 4.97. The van der Waals surface area contributed by atoms with Crippen molar-refractivity contribution in [2.45, 2.75) is 19.4 Å². The maximum atomic E-state index is 5.69. The molecule has 56 valence electrons. The highest BCUT2D eigenvalue weighted by Crippen LogP contribution is 2.07. The van der Waals surface area contributed by atoms with Crippen LogP contribution in [-0.2, 0) is 7.05 Å². The van der Waals surface area contributed by atoms with Gasteiger partial charge in [0.25, 0.3) is 0 Å². The molecular formula is C6H12N4. The number of nitrogens with zero attached hydrogens (tertiary/aromatic N) is 3. The van der Waals surface area contributed by atoms with Crippen LogP contribution in [0, 0.1) is 0 Å². The Morgan fingerprint density at radius 2 is 2.50 bits per heavy atom. The van der Waals surface area contributed by atoms with E-state index in [1.165, 1.54) is 4.80 Å². The van der Waals surface area contributed by atoms with Crippen LogP contribution >= 0.6 is 0 Å². The van der Waals surface area contributed by atoms with E-state index in [0.29, 0.717) is 0 Å². The molecule has 0 aliphatic heterocycles. The number of aromatic nitrogens is 3. The Hall–Kier alpha value is -0.900. The number of hydrogen-bond acceptors (Lipinski definition) is 3. The quantitative estimate of drug-likeness (QED) is 0.639. The molecule has 2 N–H and O–H groups in total. The molecule has 1 rings (SSSR count). The molecule has 0 radical (unpaired) electrons. The molecule has 0 unspecified atom stereocenters. The minimum atomic E-state index is 0.0358. The molecule has 1 aromatic rings. The van der Waals surface area contributed by atoms with Crippen molar-refractivity contribution in [1.29, 1.82) is 0 Å². The molecule has 1 aromatic heterocycles. The highest BCUT2D eigenvalue weighted by Gasteiger charge is 2.05. The van der Waals surface area contributed by atoms with Crippen LogP contribution in [0.5, 0.6) is 0 Å². The van der Waals surface area contributed by atoms with E-state index in [1.807, 2.05) is 6.92 Å². The second kappa shape index (κ2) is 2.79. The van der Waals surface area contributed by atoms with Crippen LogP contribution in [0.3, 0.4) is 0 Å². The lowest BCUT2D eigenvalue weighted by molar-refractivity contribution is 0.612. The van der Waals surface area contributed by atoms with Crippen molar-refractivity contribution in [2.24, 2.45) is 12.8 Å². The molecule has 0 amide bonds. The van der Waals surface area contributed by atoms with Gasteiger partial charge in [-0.3, -0.25) is 0 Å². The Balaban J connectivity index is 2.74. The summed E-state index contributed by atoms with van der Waals surface area (Å²) in [5.41, 5.74) is 6.56. The first-order valence-electron chi connectivity index (χ1n) is 3.36. The van der Waals surface area contributed by atoms with Gasteiger partial charge in [-0.25, -0.2) is 0 Å². The summed E-state index contributed by atoms with van der Waals surface area (Å²) in [5, 5.41) is 7.97. The topological polar surface area (TPSA) is 56.7 Å². The van der Waals surface area contributed by atoms with Crippen LogP contribution in [0.4, 0.5) is 0 Å². The van der Waals surface area contributed by atoms with Gasteiger partial charge in [0.15, 0.2) is 0 Å². The molecule has 0 aromatic carbocycles. The van der Waals surface area contributed by atoms with E-state index in [0.717, 1.165) is 12.1 Å². The van der Waals surface area contributed by atoms with Gasteiger partial charge < -0.3 is 5.73 Å². The van der Waals surface area contributed by atoms with Gasteiger partial charge in [-0.1, -0.05) is 6.92 Å². The zero-order valence-corrected chi connectivity index (χ0v) is 6.28. The van der Waals surface area contributed by atoms with Crippen LogP contribution < -0.4 is 5.73 Å². The van der Waals surface area contributed by atoms with E-state index in [-0.39, 0.29) is 6.04 Å². The summed E-state index contributed by atoms with van der Waals surface area (Å²) in [6, 6.07) is 0.0358. The predicted octanol–water partition coefficient (Wildman–Crippen LogP) is 0.225. The molecule has 10 heavy (non-hydrogen) atoms. The van der Waals surface area contributed by atoms with Gasteiger partial charge in [-0.05, 0) is 6.42 Å². The largest absolute Gasteiger partial charge is 0.323 e. The zero-order chi connectivity index (χ0) is 7.56. The summed E-state index contributed by atoms with van der Waals surface area (Å²) in [4.78, 5) is 1.52. The van der Waals surface area contributed by atoms with E-state index < -0.39 is 0 Å². The zero-order valence-electron chi connectivity index (χ0n) is 6.28. The third kappa shape index (κ3) is 1.33. The SMILES string of the molecule is CC[C@H](N)c1cnn(C)n1. The molecule has 0 saturated heterocycles. The summed E-state index contributed by atoms with van der Waals surface area (Å²) in [5.74, 6) is 0. The van der Waals surface area contributed by atoms with E-state index in [9.17, 15) is 0 Å². The smallest absolute Gasteiger partial charge is 0.0993 e. The molecule has 1 atom stereocenters.